The Hall–Kier alpha value is -2.37. The van der Waals surface area contributed by atoms with E-state index in [1.165, 1.54) is 12.1 Å². The van der Waals surface area contributed by atoms with E-state index in [-0.39, 0.29) is 23.7 Å². The summed E-state index contributed by atoms with van der Waals surface area (Å²) >= 11 is 0. The minimum atomic E-state index is -0.601. The van der Waals surface area contributed by atoms with E-state index in [0.717, 1.165) is 6.07 Å². The van der Waals surface area contributed by atoms with Crippen LogP contribution in [-0.2, 0) is 6.54 Å². The average Bonchev–Trinajstić information content (AvgIpc) is 2.82. The molecule has 88 valence electrons. The molecule has 6 heteroatoms. The Labute approximate surface area is 96.9 Å². The Balaban J connectivity index is 2.02. The first-order valence-electron chi connectivity index (χ1n) is 4.98. The van der Waals surface area contributed by atoms with Gasteiger partial charge in [0.2, 0.25) is 0 Å². The highest BCUT2D eigenvalue weighted by Gasteiger charge is 2.08. The summed E-state index contributed by atoms with van der Waals surface area (Å²) in [7, 11) is 0. The van der Waals surface area contributed by atoms with Crippen molar-refractivity contribution in [1.82, 2.24) is 15.3 Å². The van der Waals surface area contributed by atoms with Crippen molar-refractivity contribution in [3.8, 4) is 0 Å². The number of nitrogens with zero attached hydrogens (tertiary/aromatic N) is 1. The van der Waals surface area contributed by atoms with E-state index in [2.05, 4.69) is 15.3 Å². The summed E-state index contributed by atoms with van der Waals surface area (Å²) in [6.07, 6.45) is 3.24. The second kappa shape index (κ2) is 4.65. The molecule has 1 amide bonds. The Morgan fingerprint density at radius 1 is 1.53 bits per heavy atom. The van der Waals surface area contributed by atoms with Crippen LogP contribution in [0.5, 0.6) is 0 Å². The number of hydrogen-bond donors (Lipinski definition) is 3. The second-order valence-corrected chi connectivity index (χ2v) is 3.45. The average molecular weight is 234 g/mol. The molecule has 0 aliphatic heterocycles. The van der Waals surface area contributed by atoms with E-state index in [1.54, 1.807) is 12.4 Å². The molecule has 0 aliphatic carbocycles. The predicted molar refractivity (Wildman–Crippen MR) is 60.6 cm³/mol. The molecule has 0 spiro atoms. The molecule has 17 heavy (non-hydrogen) atoms. The quantitative estimate of drug-likeness (QED) is 0.694. The topological polar surface area (TPSA) is 83.8 Å². The van der Waals surface area contributed by atoms with Gasteiger partial charge in [0, 0.05) is 18.0 Å². The molecule has 1 aromatic carbocycles. The standard InChI is InChI=1S/C11H11FN4O/c12-8-5-7(1-2-9(8)13)11(17)16-6-10-14-3-4-15-10/h1-5H,6,13H2,(H,14,15)(H,16,17). The van der Waals surface area contributed by atoms with Crippen LogP contribution in [0.1, 0.15) is 16.2 Å². The van der Waals surface area contributed by atoms with Crippen molar-refractivity contribution in [2.24, 2.45) is 0 Å². The van der Waals surface area contributed by atoms with Gasteiger partial charge in [-0.1, -0.05) is 0 Å². The van der Waals surface area contributed by atoms with Crippen molar-refractivity contribution in [1.29, 1.82) is 0 Å². The van der Waals surface area contributed by atoms with E-state index >= 15 is 0 Å². The van der Waals surface area contributed by atoms with Crippen LogP contribution in [0.25, 0.3) is 0 Å². The molecule has 0 fully saturated rings. The minimum absolute atomic E-state index is 0.0209. The van der Waals surface area contributed by atoms with Crippen LogP contribution in [0.15, 0.2) is 30.6 Å². The fraction of sp³-hybridized carbons (Fsp3) is 0.0909. The first-order chi connectivity index (χ1) is 8.16. The van der Waals surface area contributed by atoms with Gasteiger partial charge in [-0.05, 0) is 18.2 Å². The number of hydrogen-bond acceptors (Lipinski definition) is 3. The summed E-state index contributed by atoms with van der Waals surface area (Å²) in [6, 6.07) is 3.93. The van der Waals surface area contributed by atoms with Gasteiger partial charge in [0.25, 0.3) is 5.91 Å². The molecule has 0 radical (unpaired) electrons. The van der Waals surface area contributed by atoms with Gasteiger partial charge in [0.05, 0.1) is 12.2 Å². The van der Waals surface area contributed by atoms with E-state index in [0.29, 0.717) is 5.82 Å². The molecule has 2 aromatic rings. The third-order valence-electron chi connectivity index (χ3n) is 2.23. The summed E-state index contributed by atoms with van der Waals surface area (Å²) < 4.78 is 13.1. The maximum absolute atomic E-state index is 13.1. The zero-order valence-corrected chi connectivity index (χ0v) is 8.90. The number of halogens is 1. The lowest BCUT2D eigenvalue weighted by Gasteiger charge is -2.04. The lowest BCUT2D eigenvalue weighted by Crippen LogP contribution is -2.23. The summed E-state index contributed by atoms with van der Waals surface area (Å²) in [6.45, 7) is 0.262. The van der Waals surface area contributed by atoms with E-state index < -0.39 is 5.82 Å². The van der Waals surface area contributed by atoms with Gasteiger partial charge in [0.15, 0.2) is 0 Å². The molecule has 1 heterocycles. The van der Waals surface area contributed by atoms with Crippen LogP contribution >= 0.6 is 0 Å². The summed E-state index contributed by atoms with van der Waals surface area (Å²) in [5.41, 5.74) is 5.56. The monoisotopic (exact) mass is 234 g/mol. The number of nitrogens with two attached hydrogens (primary N) is 1. The molecule has 0 bridgehead atoms. The molecule has 0 atom stereocenters. The van der Waals surface area contributed by atoms with Gasteiger partial charge in [-0.2, -0.15) is 0 Å². The highest BCUT2D eigenvalue weighted by Crippen LogP contribution is 2.11. The smallest absolute Gasteiger partial charge is 0.251 e. The Morgan fingerprint density at radius 3 is 3.00 bits per heavy atom. The molecular formula is C11H11FN4O. The van der Waals surface area contributed by atoms with Crippen LogP contribution in [0.3, 0.4) is 0 Å². The summed E-state index contributed by atoms with van der Waals surface area (Å²) in [4.78, 5) is 18.4. The number of H-pyrrole nitrogens is 1. The van der Waals surface area contributed by atoms with Crippen molar-refractivity contribution in [2.45, 2.75) is 6.54 Å². The number of anilines is 1. The maximum atomic E-state index is 13.1. The number of nitrogens with one attached hydrogen (secondary N) is 2. The number of rotatable bonds is 3. The summed E-state index contributed by atoms with van der Waals surface area (Å²) in [5, 5.41) is 2.61. The van der Waals surface area contributed by atoms with Gasteiger partial charge in [-0.3, -0.25) is 4.79 Å². The van der Waals surface area contributed by atoms with Crippen molar-refractivity contribution < 1.29 is 9.18 Å². The zero-order valence-electron chi connectivity index (χ0n) is 8.90. The van der Waals surface area contributed by atoms with Crippen LogP contribution in [0.4, 0.5) is 10.1 Å². The predicted octanol–water partition coefficient (Wildman–Crippen LogP) is 1.06. The molecule has 0 saturated heterocycles. The molecule has 2 rings (SSSR count). The van der Waals surface area contributed by atoms with Gasteiger partial charge < -0.3 is 16.0 Å². The lowest BCUT2D eigenvalue weighted by atomic mass is 10.2. The first kappa shape index (κ1) is 11.1. The fourth-order valence-electron chi connectivity index (χ4n) is 1.33. The molecule has 0 saturated carbocycles. The van der Waals surface area contributed by atoms with Gasteiger partial charge >= 0.3 is 0 Å². The molecule has 1 aromatic heterocycles. The normalized spacial score (nSPS) is 10.2. The van der Waals surface area contributed by atoms with E-state index in [1.807, 2.05) is 0 Å². The molecule has 5 nitrogen and oxygen atoms in total. The lowest BCUT2D eigenvalue weighted by molar-refractivity contribution is 0.0949. The third kappa shape index (κ3) is 2.60. The fourth-order valence-corrected chi connectivity index (χ4v) is 1.33. The number of nitrogen functional groups attached to an aromatic ring is 1. The highest BCUT2D eigenvalue weighted by atomic mass is 19.1. The second-order valence-electron chi connectivity index (χ2n) is 3.45. The molecule has 0 aliphatic rings. The number of carbonyl (C=O) groups excluding carboxylic acids is 1. The van der Waals surface area contributed by atoms with Crippen LogP contribution in [0, 0.1) is 5.82 Å². The van der Waals surface area contributed by atoms with E-state index in [4.69, 9.17) is 5.73 Å². The molecular weight excluding hydrogens is 223 g/mol. The maximum Gasteiger partial charge on any atom is 0.251 e. The van der Waals surface area contributed by atoms with Gasteiger partial charge in [0.1, 0.15) is 11.6 Å². The number of aromatic amines is 1. The van der Waals surface area contributed by atoms with Gasteiger partial charge in [-0.15, -0.1) is 0 Å². The van der Waals surface area contributed by atoms with Crippen molar-refractivity contribution >= 4 is 11.6 Å². The molecule has 0 unspecified atom stereocenters. The number of amides is 1. The first-order valence-corrected chi connectivity index (χ1v) is 4.98. The number of imidazole rings is 1. The Morgan fingerprint density at radius 2 is 2.35 bits per heavy atom. The minimum Gasteiger partial charge on any atom is -0.396 e. The van der Waals surface area contributed by atoms with Crippen molar-refractivity contribution in [2.75, 3.05) is 5.73 Å². The Kier molecular flexibility index (Phi) is 3.04. The third-order valence-corrected chi connectivity index (χ3v) is 2.23. The van der Waals surface area contributed by atoms with Crippen LogP contribution in [0.2, 0.25) is 0 Å². The number of benzene rings is 1. The van der Waals surface area contributed by atoms with E-state index in [9.17, 15) is 9.18 Å². The largest absolute Gasteiger partial charge is 0.396 e. The highest BCUT2D eigenvalue weighted by molar-refractivity contribution is 5.94. The SMILES string of the molecule is Nc1ccc(C(=O)NCc2ncc[nH]2)cc1F. The molecule has 4 N–H and O–H groups in total. The van der Waals surface area contributed by atoms with Gasteiger partial charge in [-0.25, -0.2) is 9.37 Å². The number of carbonyl (C=O) groups is 1. The van der Waals surface area contributed by atoms with Crippen LogP contribution < -0.4 is 11.1 Å². The summed E-state index contributed by atoms with van der Waals surface area (Å²) in [5.74, 6) is -0.342. The zero-order chi connectivity index (χ0) is 12.3. The van der Waals surface area contributed by atoms with Crippen molar-refractivity contribution in [3.63, 3.8) is 0 Å². The van der Waals surface area contributed by atoms with Crippen LogP contribution in [-0.4, -0.2) is 15.9 Å². The Bertz CT molecular complexity index is 524. The van der Waals surface area contributed by atoms with Crippen molar-refractivity contribution in [3.05, 3.63) is 47.8 Å². The number of aromatic nitrogens is 2.